The van der Waals surface area contributed by atoms with Gasteiger partial charge < -0.3 is 20.1 Å². The molecule has 152 valence electrons. The zero-order chi connectivity index (χ0) is 20.4. The number of carboxylic acids is 1. The number of aliphatic carboxylic acids is 1. The van der Waals surface area contributed by atoms with Crippen LogP contribution >= 0.6 is 11.8 Å². The SMILES string of the molecule is CCCOC(=O)CCSC=C(C)C1C(NC(=O)CCC)C(=O)N1CC(=O)O. The van der Waals surface area contributed by atoms with Crippen molar-refractivity contribution in [3.63, 3.8) is 0 Å². The summed E-state index contributed by atoms with van der Waals surface area (Å²) < 4.78 is 5.00. The van der Waals surface area contributed by atoms with E-state index in [1.807, 2.05) is 13.8 Å². The predicted octanol–water partition coefficient (Wildman–Crippen LogP) is 1.55. The molecule has 27 heavy (non-hydrogen) atoms. The van der Waals surface area contributed by atoms with Gasteiger partial charge in [-0.1, -0.05) is 13.8 Å². The molecule has 0 aromatic rings. The molecular weight excluding hydrogens is 372 g/mol. The van der Waals surface area contributed by atoms with Crippen LogP contribution in [0.1, 0.15) is 46.5 Å². The van der Waals surface area contributed by atoms with Crippen LogP contribution in [-0.2, 0) is 23.9 Å². The zero-order valence-electron chi connectivity index (χ0n) is 16.0. The summed E-state index contributed by atoms with van der Waals surface area (Å²) in [4.78, 5) is 47.8. The molecule has 0 aliphatic carbocycles. The number of thioether (sulfide) groups is 1. The fourth-order valence-corrected chi connectivity index (χ4v) is 3.49. The average Bonchev–Trinajstić information content (AvgIpc) is 2.61. The summed E-state index contributed by atoms with van der Waals surface area (Å²) in [6.07, 6.45) is 2.02. The molecule has 1 aliphatic heterocycles. The number of hydrogen-bond acceptors (Lipinski definition) is 6. The summed E-state index contributed by atoms with van der Waals surface area (Å²) in [5.74, 6) is -1.47. The summed E-state index contributed by atoms with van der Waals surface area (Å²) in [5, 5.41) is 13.5. The van der Waals surface area contributed by atoms with Crippen LogP contribution in [-0.4, -0.2) is 64.7 Å². The van der Waals surface area contributed by atoms with Gasteiger partial charge >= 0.3 is 11.9 Å². The summed E-state index contributed by atoms with van der Waals surface area (Å²) in [6.45, 7) is 5.57. The number of nitrogens with one attached hydrogen (secondary N) is 1. The van der Waals surface area contributed by atoms with Gasteiger partial charge in [0.2, 0.25) is 11.8 Å². The van der Waals surface area contributed by atoms with Crippen LogP contribution in [0.3, 0.4) is 0 Å². The smallest absolute Gasteiger partial charge is 0.323 e. The van der Waals surface area contributed by atoms with Gasteiger partial charge in [0.1, 0.15) is 12.6 Å². The summed E-state index contributed by atoms with van der Waals surface area (Å²) >= 11 is 1.39. The number of carbonyl (C=O) groups is 4. The van der Waals surface area contributed by atoms with Crippen LogP contribution in [0.15, 0.2) is 11.0 Å². The van der Waals surface area contributed by atoms with Gasteiger partial charge in [0.15, 0.2) is 0 Å². The van der Waals surface area contributed by atoms with Gasteiger partial charge in [0, 0.05) is 12.2 Å². The van der Waals surface area contributed by atoms with E-state index in [1.54, 1.807) is 12.3 Å². The van der Waals surface area contributed by atoms with E-state index < -0.39 is 30.5 Å². The molecule has 0 aromatic carbocycles. The third-order valence-electron chi connectivity index (χ3n) is 3.93. The van der Waals surface area contributed by atoms with E-state index in [4.69, 9.17) is 9.84 Å². The Hall–Kier alpha value is -2.03. The van der Waals surface area contributed by atoms with Crippen molar-refractivity contribution in [2.75, 3.05) is 18.9 Å². The summed E-state index contributed by atoms with van der Waals surface area (Å²) in [6, 6.07) is -1.23. The Kier molecular flexibility index (Phi) is 9.92. The number of carbonyl (C=O) groups excluding carboxylic acids is 3. The highest BCUT2D eigenvalue weighted by Gasteiger charge is 2.49. The highest BCUT2D eigenvalue weighted by atomic mass is 32.2. The summed E-state index contributed by atoms with van der Waals surface area (Å²) in [5.41, 5.74) is 0.768. The molecule has 1 rings (SSSR count). The molecule has 8 nitrogen and oxygen atoms in total. The van der Waals surface area contributed by atoms with Crippen molar-refractivity contribution in [3.05, 3.63) is 11.0 Å². The number of β-lactam (4-membered cyclic amide) rings is 1. The van der Waals surface area contributed by atoms with Crippen molar-refractivity contribution >= 4 is 35.5 Å². The molecule has 0 spiro atoms. The standard InChI is InChI=1S/C18H28N2O6S/c1-4-6-13(21)19-16-17(20(18(16)25)10-14(22)23)12(3)11-27-9-7-15(24)26-8-5-2/h11,16-17H,4-10H2,1-3H3,(H,19,21)(H,22,23). The molecule has 0 bridgehead atoms. The molecule has 1 aliphatic rings. The van der Waals surface area contributed by atoms with Gasteiger partial charge in [-0.05, 0) is 30.7 Å². The maximum absolute atomic E-state index is 12.2. The van der Waals surface area contributed by atoms with E-state index in [9.17, 15) is 19.2 Å². The Morgan fingerprint density at radius 2 is 1.96 bits per heavy atom. The van der Waals surface area contributed by atoms with Gasteiger partial charge in [-0.3, -0.25) is 19.2 Å². The predicted molar refractivity (Wildman–Crippen MR) is 102 cm³/mol. The number of nitrogens with zero attached hydrogens (tertiary/aromatic N) is 1. The van der Waals surface area contributed by atoms with E-state index in [0.29, 0.717) is 25.2 Å². The number of esters is 1. The number of rotatable bonds is 12. The van der Waals surface area contributed by atoms with E-state index in [2.05, 4.69) is 5.32 Å². The summed E-state index contributed by atoms with van der Waals surface area (Å²) in [7, 11) is 0. The first kappa shape index (κ1) is 23.0. The lowest BCUT2D eigenvalue weighted by Crippen LogP contribution is -2.71. The molecule has 2 unspecified atom stereocenters. The van der Waals surface area contributed by atoms with Crippen LogP contribution in [0.25, 0.3) is 0 Å². The van der Waals surface area contributed by atoms with Crippen molar-refractivity contribution in [2.45, 2.75) is 58.5 Å². The topological polar surface area (TPSA) is 113 Å². The highest BCUT2D eigenvalue weighted by molar-refractivity contribution is 8.02. The maximum Gasteiger partial charge on any atom is 0.323 e. The van der Waals surface area contributed by atoms with Crippen molar-refractivity contribution in [1.82, 2.24) is 10.2 Å². The molecule has 1 saturated heterocycles. The lowest BCUT2D eigenvalue weighted by Gasteiger charge is -2.47. The van der Waals surface area contributed by atoms with Crippen LogP contribution in [0, 0.1) is 0 Å². The van der Waals surface area contributed by atoms with E-state index in [0.717, 1.165) is 12.0 Å². The van der Waals surface area contributed by atoms with Gasteiger partial charge in [0.05, 0.1) is 19.1 Å². The Bertz CT molecular complexity index is 592. The average molecular weight is 400 g/mol. The quantitative estimate of drug-likeness (QED) is 0.290. The van der Waals surface area contributed by atoms with Gasteiger partial charge in [-0.15, -0.1) is 11.8 Å². The van der Waals surface area contributed by atoms with Crippen molar-refractivity contribution in [2.24, 2.45) is 0 Å². The number of carboxylic acid groups (broad SMARTS) is 1. The second kappa shape index (κ2) is 11.6. The minimum absolute atomic E-state index is 0.227. The molecular formula is C18H28N2O6S. The number of hydrogen-bond donors (Lipinski definition) is 2. The first-order chi connectivity index (χ1) is 12.8. The van der Waals surface area contributed by atoms with Crippen molar-refractivity contribution < 1.29 is 29.0 Å². The molecule has 2 atom stereocenters. The molecule has 2 N–H and O–H groups in total. The Labute approximate surface area is 163 Å². The lowest BCUT2D eigenvalue weighted by atomic mass is 9.89. The third-order valence-corrected chi connectivity index (χ3v) is 4.91. The second-order valence-electron chi connectivity index (χ2n) is 6.30. The Morgan fingerprint density at radius 3 is 2.56 bits per heavy atom. The van der Waals surface area contributed by atoms with Crippen LogP contribution < -0.4 is 5.32 Å². The minimum Gasteiger partial charge on any atom is -0.480 e. The Balaban J connectivity index is 2.66. The molecule has 2 amide bonds. The number of likely N-dealkylation sites (tertiary alicyclic amines) is 1. The normalized spacial score (nSPS) is 19.4. The lowest BCUT2D eigenvalue weighted by molar-refractivity contribution is -0.158. The van der Waals surface area contributed by atoms with Crippen LogP contribution in [0.5, 0.6) is 0 Å². The first-order valence-electron chi connectivity index (χ1n) is 9.07. The first-order valence-corrected chi connectivity index (χ1v) is 10.1. The van der Waals surface area contributed by atoms with Crippen LogP contribution in [0.4, 0.5) is 0 Å². The van der Waals surface area contributed by atoms with Gasteiger partial charge in [0.25, 0.3) is 0 Å². The fourth-order valence-electron chi connectivity index (χ4n) is 2.68. The third kappa shape index (κ3) is 7.24. The molecule has 0 radical (unpaired) electrons. The van der Waals surface area contributed by atoms with Crippen molar-refractivity contribution in [1.29, 1.82) is 0 Å². The molecule has 9 heteroatoms. The number of ether oxygens (including phenoxy) is 1. The van der Waals surface area contributed by atoms with E-state index in [1.165, 1.54) is 16.7 Å². The Morgan fingerprint density at radius 1 is 1.26 bits per heavy atom. The molecule has 1 fully saturated rings. The monoisotopic (exact) mass is 400 g/mol. The highest BCUT2D eigenvalue weighted by Crippen LogP contribution is 2.28. The zero-order valence-corrected chi connectivity index (χ0v) is 16.8. The fraction of sp³-hybridized carbons (Fsp3) is 0.667. The molecule has 0 aromatic heterocycles. The van der Waals surface area contributed by atoms with Gasteiger partial charge in [-0.25, -0.2) is 0 Å². The van der Waals surface area contributed by atoms with Crippen LogP contribution in [0.2, 0.25) is 0 Å². The van der Waals surface area contributed by atoms with E-state index >= 15 is 0 Å². The second-order valence-corrected chi connectivity index (χ2v) is 7.28. The number of amides is 2. The van der Waals surface area contributed by atoms with Crippen molar-refractivity contribution in [3.8, 4) is 0 Å². The maximum atomic E-state index is 12.2. The van der Waals surface area contributed by atoms with E-state index in [-0.39, 0.29) is 18.3 Å². The molecule has 1 heterocycles. The van der Waals surface area contributed by atoms with Gasteiger partial charge in [-0.2, -0.15) is 0 Å². The minimum atomic E-state index is -1.11. The molecule has 0 saturated carbocycles. The largest absolute Gasteiger partial charge is 0.480 e.